The number of H-pyrrole nitrogens is 1. The van der Waals surface area contributed by atoms with Crippen molar-refractivity contribution in [1.82, 2.24) is 15.0 Å². The van der Waals surface area contributed by atoms with E-state index in [0.717, 1.165) is 38.6 Å². The van der Waals surface area contributed by atoms with Gasteiger partial charge in [0.2, 0.25) is 0 Å². The van der Waals surface area contributed by atoms with Gasteiger partial charge in [-0.25, -0.2) is 9.97 Å². The molecule has 0 aliphatic heterocycles. The molecule has 44 heavy (non-hydrogen) atoms. The lowest BCUT2D eigenvalue weighted by Gasteiger charge is -2.02. The molecule has 0 aliphatic carbocycles. The summed E-state index contributed by atoms with van der Waals surface area (Å²) in [6.45, 7) is 12.7. The van der Waals surface area contributed by atoms with E-state index in [4.69, 9.17) is 17.3 Å². The van der Waals surface area contributed by atoms with Gasteiger partial charge in [-0.05, 0) is 74.3 Å². The highest BCUT2D eigenvalue weighted by atomic mass is 32.2. The second-order valence-corrected chi connectivity index (χ2v) is 16.9. The number of hydrogen-bond donors (Lipinski definition) is 2. The van der Waals surface area contributed by atoms with E-state index in [-0.39, 0.29) is 13.5 Å². The van der Waals surface area contributed by atoms with Crippen molar-refractivity contribution in [3.8, 4) is 0 Å². The molecule has 0 saturated heterocycles. The van der Waals surface area contributed by atoms with Gasteiger partial charge in [-0.2, -0.15) is 0 Å². The largest absolute Gasteiger partial charge is 0.393 e. The molecule has 3 heterocycles. The molecule has 3 aromatic carbocycles. The molecule has 0 amide bonds. The normalized spacial score (nSPS) is 11.9. The summed E-state index contributed by atoms with van der Waals surface area (Å²) in [5, 5.41) is 9.02. The van der Waals surface area contributed by atoms with Crippen LogP contribution in [0.4, 0.5) is 0 Å². The van der Waals surface area contributed by atoms with Crippen molar-refractivity contribution in [3.05, 3.63) is 76.8 Å². The average molecular weight is 704 g/mol. The van der Waals surface area contributed by atoms with Crippen molar-refractivity contribution in [2.75, 3.05) is 5.75 Å². The van der Waals surface area contributed by atoms with E-state index in [1.807, 2.05) is 60.8 Å². The zero-order chi connectivity index (χ0) is 31.2. The van der Waals surface area contributed by atoms with E-state index in [1.165, 1.54) is 29.2 Å². The Hall–Kier alpha value is -1.79. The molecule has 0 spiro atoms. The molecule has 4 nitrogen and oxygen atoms in total. The molecular weight excluding hydrogens is 659 g/mol. The topological polar surface area (TPSA) is 61.8 Å². The number of hydrogen-bond acceptors (Lipinski definition) is 9. The van der Waals surface area contributed by atoms with Gasteiger partial charge in [0, 0.05) is 11.0 Å². The smallest absolute Gasteiger partial charge is 0.159 e. The first-order valence-corrected chi connectivity index (χ1v) is 19.2. The predicted octanol–water partition coefficient (Wildman–Crippen LogP) is 12.6. The molecule has 2 N–H and O–H groups in total. The molecule has 2 atom stereocenters. The first kappa shape index (κ1) is 38.4. The molecular formula is C34H45N3OS6. The fraction of sp³-hybridized carbons (Fsp3) is 0.382. The number of rotatable bonds is 7. The second kappa shape index (κ2) is 20.4. The lowest BCUT2D eigenvalue weighted by atomic mass is 10.3. The van der Waals surface area contributed by atoms with Gasteiger partial charge in [0.05, 0.1) is 36.8 Å². The van der Waals surface area contributed by atoms with Gasteiger partial charge in [0.25, 0.3) is 0 Å². The van der Waals surface area contributed by atoms with E-state index in [9.17, 15) is 0 Å². The van der Waals surface area contributed by atoms with Crippen molar-refractivity contribution in [2.45, 2.75) is 81.8 Å². The Bertz CT molecular complexity index is 1600. The number of aromatic nitrogens is 3. The van der Waals surface area contributed by atoms with Crippen LogP contribution in [-0.4, -0.2) is 37.2 Å². The molecule has 0 fully saturated rings. The molecule has 0 saturated carbocycles. The van der Waals surface area contributed by atoms with Crippen LogP contribution in [-0.2, 0) is 0 Å². The third kappa shape index (κ3) is 13.3. The van der Waals surface area contributed by atoms with Crippen LogP contribution in [0.1, 0.15) is 61.8 Å². The van der Waals surface area contributed by atoms with Gasteiger partial charge in [0.1, 0.15) is 0 Å². The molecule has 2 unspecified atom stereocenters. The summed E-state index contributed by atoms with van der Waals surface area (Å²) in [5.41, 5.74) is 3.39. The van der Waals surface area contributed by atoms with Crippen molar-refractivity contribution < 1.29 is 5.11 Å². The number of aliphatic hydroxyl groups is 1. The maximum Gasteiger partial charge on any atom is 0.159 e. The fourth-order valence-electron chi connectivity index (χ4n) is 3.20. The van der Waals surface area contributed by atoms with Gasteiger partial charge in [0.15, 0.2) is 12.6 Å². The summed E-state index contributed by atoms with van der Waals surface area (Å²) >= 11 is 13.9. The molecule has 10 heteroatoms. The number of fused-ring (bicyclic) bond motifs is 3. The van der Waals surface area contributed by atoms with E-state index < -0.39 is 0 Å². The molecule has 0 bridgehead atoms. The average Bonchev–Trinajstić information content (AvgIpc) is 3.71. The maximum atomic E-state index is 8.36. The lowest BCUT2D eigenvalue weighted by Crippen LogP contribution is -1.93. The van der Waals surface area contributed by atoms with Gasteiger partial charge in [-0.1, -0.05) is 102 Å². The van der Waals surface area contributed by atoms with Crippen LogP contribution >= 0.6 is 69.8 Å². The molecule has 6 aromatic rings. The summed E-state index contributed by atoms with van der Waals surface area (Å²) in [7, 11) is 0. The van der Waals surface area contributed by atoms with Crippen LogP contribution in [0.15, 0.2) is 81.5 Å². The van der Waals surface area contributed by atoms with Crippen LogP contribution < -0.4 is 0 Å². The van der Waals surface area contributed by atoms with Crippen LogP contribution in [0.25, 0.3) is 30.6 Å². The van der Waals surface area contributed by atoms with Crippen LogP contribution in [0, 0.1) is 9.87 Å². The Morgan fingerprint density at radius 2 is 1.25 bits per heavy atom. The number of nitrogens with one attached hydrogen (secondary N) is 1. The van der Waals surface area contributed by atoms with E-state index in [1.54, 1.807) is 40.9 Å². The highest BCUT2D eigenvalue weighted by Gasteiger charge is 2.07. The predicted molar refractivity (Wildman–Crippen MR) is 206 cm³/mol. The quantitative estimate of drug-likeness (QED) is 0.127. The highest BCUT2D eigenvalue weighted by Crippen LogP contribution is 2.33. The maximum absolute atomic E-state index is 8.36. The standard InChI is InChI=1S/2C11H13NS2.C7H5NS2.C4H10O.CH4/c1-8(2)7-13-11-12-9-5-3-4-6-10(9)14-11;1-3-8(2)13-11-12-9-6-4-5-7-10(9)14-11;9-7-8-5-3-1-2-4-6(5)10-7;1-3-4(2)5;/h3-6,8H,7H2,1-2H3;4-8H,3H2,1-2H3;1-4H,(H,8,9);4-5H,3H2,1-2H3;1H4. The van der Waals surface area contributed by atoms with Crippen LogP contribution in [0.3, 0.4) is 0 Å². The van der Waals surface area contributed by atoms with Gasteiger partial charge in [-0.15, -0.1) is 34.0 Å². The second-order valence-electron chi connectivity index (χ2n) is 10.2. The third-order valence-corrected chi connectivity index (χ3v) is 12.1. The Balaban J connectivity index is 0.000000214. The number of aromatic amines is 1. The highest BCUT2D eigenvalue weighted by molar-refractivity contribution is 8.01. The van der Waals surface area contributed by atoms with Crippen LogP contribution in [0.2, 0.25) is 0 Å². The SMILES string of the molecule is C.CC(C)CSc1nc2ccccc2s1.CCC(C)O.CCC(C)Sc1nc2ccccc2s1.S=c1[nH]c2ccccc2s1. The van der Waals surface area contributed by atoms with Crippen LogP contribution in [0.5, 0.6) is 0 Å². The minimum absolute atomic E-state index is 0. The lowest BCUT2D eigenvalue weighted by molar-refractivity contribution is 0.191. The zero-order valence-electron chi connectivity index (χ0n) is 25.6. The van der Waals surface area contributed by atoms with E-state index in [2.05, 4.69) is 85.1 Å². The number of nitrogens with zero attached hydrogens (tertiary/aromatic N) is 2. The summed E-state index contributed by atoms with van der Waals surface area (Å²) in [5.74, 6) is 1.88. The summed E-state index contributed by atoms with van der Waals surface area (Å²) < 4.78 is 7.05. The fourth-order valence-corrected chi connectivity index (χ4v) is 8.68. The van der Waals surface area contributed by atoms with Crippen molar-refractivity contribution in [1.29, 1.82) is 0 Å². The zero-order valence-corrected chi connectivity index (χ0v) is 30.5. The minimum atomic E-state index is -0.116. The number of thioether (sulfide) groups is 2. The van der Waals surface area contributed by atoms with Crippen molar-refractivity contribution in [3.63, 3.8) is 0 Å². The number of benzene rings is 3. The number of aliphatic hydroxyl groups excluding tert-OH is 1. The molecule has 238 valence electrons. The van der Waals surface area contributed by atoms with Crippen molar-refractivity contribution in [2.24, 2.45) is 5.92 Å². The molecule has 3 aromatic heterocycles. The Morgan fingerprint density at radius 3 is 1.75 bits per heavy atom. The number of para-hydroxylation sites is 3. The summed E-state index contributed by atoms with van der Waals surface area (Å²) in [6, 6.07) is 24.7. The summed E-state index contributed by atoms with van der Waals surface area (Å²) in [6.07, 6.45) is 1.94. The third-order valence-electron chi connectivity index (χ3n) is 5.88. The van der Waals surface area contributed by atoms with E-state index >= 15 is 0 Å². The summed E-state index contributed by atoms with van der Waals surface area (Å²) in [4.78, 5) is 12.2. The Morgan fingerprint density at radius 1 is 0.750 bits per heavy atom. The van der Waals surface area contributed by atoms with E-state index in [0.29, 0.717) is 5.25 Å². The monoisotopic (exact) mass is 703 g/mol. The Kier molecular flexibility index (Phi) is 17.8. The van der Waals surface area contributed by atoms with Gasteiger partial charge >= 0.3 is 0 Å². The van der Waals surface area contributed by atoms with Crippen molar-refractivity contribution >= 4 is 100 Å². The molecule has 0 radical (unpaired) electrons. The molecule has 0 aliphatic rings. The number of thiazole rings is 3. The van der Waals surface area contributed by atoms with Gasteiger partial charge in [-0.3, -0.25) is 0 Å². The molecule has 6 rings (SSSR count). The minimum Gasteiger partial charge on any atom is -0.393 e. The van der Waals surface area contributed by atoms with Gasteiger partial charge < -0.3 is 10.1 Å². The first-order valence-electron chi connectivity index (χ1n) is 14.4. The Labute approximate surface area is 288 Å². The first-order chi connectivity index (χ1) is 20.7.